The fourth-order valence-corrected chi connectivity index (χ4v) is 4.70. The van der Waals surface area contributed by atoms with E-state index in [0.717, 1.165) is 37.3 Å². The second kappa shape index (κ2) is 7.83. The maximum atomic E-state index is 10.8. The maximum absolute atomic E-state index is 10.8. The number of fused-ring (bicyclic) bond motifs is 2. The van der Waals surface area contributed by atoms with E-state index in [-0.39, 0.29) is 10.6 Å². The van der Waals surface area contributed by atoms with Crippen molar-refractivity contribution in [2.24, 2.45) is 0 Å². The molecule has 2 unspecified atom stereocenters. The van der Waals surface area contributed by atoms with Gasteiger partial charge in [0, 0.05) is 49.5 Å². The Morgan fingerprint density at radius 1 is 0.967 bits per heavy atom. The number of hydrogen-bond acceptors (Lipinski definition) is 7. The molecule has 2 saturated heterocycles. The Bertz CT molecular complexity index is 991. The van der Waals surface area contributed by atoms with Gasteiger partial charge in [-0.3, -0.25) is 15.0 Å². The predicted octanol–water partition coefficient (Wildman–Crippen LogP) is 2.47. The van der Waals surface area contributed by atoms with Gasteiger partial charge in [-0.25, -0.2) is 4.68 Å². The van der Waals surface area contributed by atoms with E-state index in [1.54, 1.807) is 23.1 Å². The number of tetrazole rings is 1. The van der Waals surface area contributed by atoms with E-state index >= 15 is 0 Å². The van der Waals surface area contributed by atoms with Gasteiger partial charge in [0.05, 0.1) is 10.6 Å². The molecule has 9 heteroatoms. The summed E-state index contributed by atoms with van der Waals surface area (Å²) < 4.78 is 1.66. The molecule has 0 saturated carbocycles. The van der Waals surface area contributed by atoms with Crippen molar-refractivity contribution in [3.05, 3.63) is 70.5 Å². The molecule has 2 fully saturated rings. The Morgan fingerprint density at radius 3 is 2.23 bits per heavy atom. The van der Waals surface area contributed by atoms with Gasteiger partial charge in [0.1, 0.15) is 6.33 Å². The number of rotatable bonds is 6. The first-order valence-corrected chi connectivity index (χ1v) is 10.2. The lowest BCUT2D eigenvalue weighted by Crippen LogP contribution is -2.54. The van der Waals surface area contributed by atoms with Crippen LogP contribution < -0.4 is 4.90 Å². The highest BCUT2D eigenvalue weighted by Crippen LogP contribution is 2.33. The zero-order chi connectivity index (χ0) is 20.5. The van der Waals surface area contributed by atoms with Crippen LogP contribution in [0.25, 0.3) is 5.69 Å². The van der Waals surface area contributed by atoms with E-state index < -0.39 is 0 Å². The van der Waals surface area contributed by atoms with E-state index in [2.05, 4.69) is 49.6 Å². The van der Waals surface area contributed by atoms with Crippen molar-refractivity contribution < 1.29 is 4.92 Å². The van der Waals surface area contributed by atoms with Crippen LogP contribution in [0.3, 0.4) is 0 Å². The first-order valence-electron chi connectivity index (χ1n) is 10.2. The molecule has 2 atom stereocenters. The molecular weight excluding hydrogens is 382 g/mol. The van der Waals surface area contributed by atoms with Crippen LogP contribution in [0.1, 0.15) is 18.4 Å². The van der Waals surface area contributed by atoms with Crippen LogP contribution in [0.15, 0.2) is 54.9 Å². The van der Waals surface area contributed by atoms with Gasteiger partial charge in [-0.05, 0) is 59.5 Å². The van der Waals surface area contributed by atoms with Crippen molar-refractivity contribution in [1.82, 2.24) is 25.1 Å². The van der Waals surface area contributed by atoms with Crippen molar-refractivity contribution in [3.8, 4) is 5.69 Å². The summed E-state index contributed by atoms with van der Waals surface area (Å²) in [6.45, 7) is 3.06. The number of nitrogens with zero attached hydrogens (tertiary/aromatic N) is 7. The van der Waals surface area contributed by atoms with Crippen LogP contribution in [0, 0.1) is 10.1 Å². The minimum atomic E-state index is -0.349. The smallest absolute Gasteiger partial charge is 0.269 e. The zero-order valence-corrected chi connectivity index (χ0v) is 16.5. The molecule has 0 aliphatic carbocycles. The Balaban J connectivity index is 1.21. The molecule has 2 bridgehead atoms. The van der Waals surface area contributed by atoms with E-state index in [1.807, 2.05) is 12.1 Å². The summed E-state index contributed by atoms with van der Waals surface area (Å²) in [6.07, 6.45) is 4.97. The molecule has 30 heavy (non-hydrogen) atoms. The van der Waals surface area contributed by atoms with Crippen LogP contribution in [0.4, 0.5) is 11.4 Å². The first kappa shape index (κ1) is 18.7. The second-order valence-electron chi connectivity index (χ2n) is 7.97. The third kappa shape index (κ3) is 3.63. The highest BCUT2D eigenvalue weighted by molar-refractivity contribution is 5.51. The van der Waals surface area contributed by atoms with Gasteiger partial charge in [0.25, 0.3) is 5.69 Å². The molecule has 5 rings (SSSR count). The molecule has 2 aliphatic heterocycles. The van der Waals surface area contributed by atoms with Crippen LogP contribution in [-0.4, -0.2) is 61.7 Å². The summed E-state index contributed by atoms with van der Waals surface area (Å²) in [5.41, 5.74) is 3.49. The van der Waals surface area contributed by atoms with Gasteiger partial charge < -0.3 is 4.90 Å². The molecule has 0 spiro atoms. The number of aromatic nitrogens is 4. The fraction of sp³-hybridized carbons (Fsp3) is 0.381. The van der Waals surface area contributed by atoms with E-state index in [0.29, 0.717) is 12.1 Å². The van der Waals surface area contributed by atoms with E-state index in [4.69, 9.17) is 0 Å². The molecule has 0 radical (unpaired) electrons. The third-order valence-corrected chi connectivity index (χ3v) is 6.27. The van der Waals surface area contributed by atoms with Crippen molar-refractivity contribution in [2.45, 2.75) is 31.3 Å². The summed E-state index contributed by atoms with van der Waals surface area (Å²) in [4.78, 5) is 15.6. The summed E-state index contributed by atoms with van der Waals surface area (Å²) >= 11 is 0. The lowest BCUT2D eigenvalue weighted by Gasteiger charge is -2.42. The van der Waals surface area contributed by atoms with Crippen molar-refractivity contribution in [3.63, 3.8) is 0 Å². The molecule has 9 nitrogen and oxygen atoms in total. The zero-order valence-electron chi connectivity index (χ0n) is 16.5. The molecule has 3 heterocycles. The molecule has 154 valence electrons. The van der Waals surface area contributed by atoms with Gasteiger partial charge in [0.15, 0.2) is 0 Å². The van der Waals surface area contributed by atoms with Gasteiger partial charge in [0.2, 0.25) is 0 Å². The SMILES string of the molecule is O=[N+]([O-])c1ccc(CCN2C3CCC2CN(c2ccc(-n4cnnn4)cc2)C3)cc1. The molecule has 2 aliphatic rings. The Hall–Kier alpha value is -3.33. The molecule has 0 N–H and O–H groups in total. The number of nitro benzene ring substituents is 1. The van der Waals surface area contributed by atoms with E-state index in [1.165, 1.54) is 18.5 Å². The highest BCUT2D eigenvalue weighted by atomic mass is 16.6. The minimum absolute atomic E-state index is 0.151. The number of anilines is 1. The lowest BCUT2D eigenvalue weighted by molar-refractivity contribution is -0.384. The number of benzene rings is 2. The summed E-state index contributed by atoms with van der Waals surface area (Å²) in [5.74, 6) is 0. The predicted molar refractivity (Wildman–Crippen MR) is 112 cm³/mol. The normalized spacial score (nSPS) is 21.1. The van der Waals surface area contributed by atoms with Crippen LogP contribution in [0.5, 0.6) is 0 Å². The third-order valence-electron chi connectivity index (χ3n) is 6.27. The van der Waals surface area contributed by atoms with Crippen LogP contribution >= 0.6 is 0 Å². The molecule has 1 aromatic heterocycles. The Kier molecular flexibility index (Phi) is 4.88. The average molecular weight is 405 g/mol. The van der Waals surface area contributed by atoms with E-state index in [9.17, 15) is 10.1 Å². The molecular formula is C21H23N7O2. The first-order chi connectivity index (χ1) is 14.7. The number of piperazine rings is 1. The van der Waals surface area contributed by atoms with Crippen molar-refractivity contribution in [1.29, 1.82) is 0 Å². The van der Waals surface area contributed by atoms with Gasteiger partial charge in [-0.15, -0.1) is 5.10 Å². The van der Waals surface area contributed by atoms with Crippen molar-refractivity contribution >= 4 is 11.4 Å². The van der Waals surface area contributed by atoms with Crippen LogP contribution in [0.2, 0.25) is 0 Å². The summed E-state index contributed by atoms with van der Waals surface area (Å²) in [6, 6.07) is 16.4. The lowest BCUT2D eigenvalue weighted by atomic mass is 10.1. The highest BCUT2D eigenvalue weighted by Gasteiger charge is 2.39. The minimum Gasteiger partial charge on any atom is -0.368 e. The Labute approximate surface area is 174 Å². The summed E-state index contributed by atoms with van der Waals surface area (Å²) in [5, 5.41) is 22.1. The molecule has 2 aromatic carbocycles. The Morgan fingerprint density at radius 2 is 1.63 bits per heavy atom. The van der Waals surface area contributed by atoms with Gasteiger partial charge in [-0.1, -0.05) is 12.1 Å². The largest absolute Gasteiger partial charge is 0.368 e. The standard InChI is InChI=1S/C21H23N7O2/c29-28(30)19-3-1-16(2-4-19)11-12-26-20-9-10-21(26)14-25(13-20)17-5-7-18(8-6-17)27-15-22-23-24-27/h1-8,15,20-21H,9-14H2. The quantitative estimate of drug-likeness (QED) is 0.459. The fourth-order valence-electron chi connectivity index (χ4n) is 4.70. The van der Waals surface area contributed by atoms with Crippen molar-refractivity contribution in [2.75, 3.05) is 24.5 Å². The maximum Gasteiger partial charge on any atom is 0.269 e. The number of hydrogen-bond donors (Lipinski definition) is 0. The molecule has 0 amide bonds. The monoisotopic (exact) mass is 405 g/mol. The number of nitro groups is 1. The summed E-state index contributed by atoms with van der Waals surface area (Å²) in [7, 11) is 0. The topological polar surface area (TPSA) is 93.2 Å². The molecule has 3 aromatic rings. The van der Waals surface area contributed by atoms with Gasteiger partial charge in [-0.2, -0.15) is 0 Å². The number of non-ortho nitro benzene ring substituents is 1. The van der Waals surface area contributed by atoms with Gasteiger partial charge >= 0.3 is 0 Å². The van der Waals surface area contributed by atoms with Crippen LogP contribution in [-0.2, 0) is 6.42 Å². The second-order valence-corrected chi connectivity index (χ2v) is 7.97. The average Bonchev–Trinajstić information content (AvgIpc) is 3.38.